The van der Waals surface area contributed by atoms with E-state index in [4.69, 9.17) is 0 Å². The first-order valence-corrected chi connectivity index (χ1v) is 5.65. The van der Waals surface area contributed by atoms with Crippen LogP contribution in [0.2, 0.25) is 0 Å². The topological polar surface area (TPSA) is 32.3 Å². The van der Waals surface area contributed by atoms with Crippen molar-refractivity contribution >= 4 is 5.69 Å². The Hall–Kier alpha value is -2.17. The SMILES string of the molecule is Cc1cccc(CNc2c(F)cc(F)cc2F)c1O. The van der Waals surface area contributed by atoms with Gasteiger partial charge in [0.05, 0.1) is 0 Å². The number of nitrogens with one attached hydrogen (secondary N) is 1. The highest BCUT2D eigenvalue weighted by molar-refractivity contribution is 5.48. The summed E-state index contributed by atoms with van der Waals surface area (Å²) in [5, 5.41) is 12.3. The van der Waals surface area contributed by atoms with Gasteiger partial charge in [0.1, 0.15) is 17.3 Å². The largest absolute Gasteiger partial charge is 0.507 e. The lowest BCUT2D eigenvalue weighted by Gasteiger charge is -2.11. The van der Waals surface area contributed by atoms with E-state index in [9.17, 15) is 18.3 Å². The number of phenolic OH excluding ortho intramolecular Hbond substituents is 1. The van der Waals surface area contributed by atoms with Gasteiger partial charge in [-0.1, -0.05) is 18.2 Å². The van der Waals surface area contributed by atoms with Gasteiger partial charge in [-0.3, -0.25) is 0 Å². The van der Waals surface area contributed by atoms with Crippen LogP contribution in [-0.2, 0) is 6.54 Å². The Morgan fingerprint density at radius 2 is 1.74 bits per heavy atom. The summed E-state index contributed by atoms with van der Waals surface area (Å²) in [5.41, 5.74) is 0.754. The standard InChI is InChI=1S/C14H12F3NO/c1-8-3-2-4-9(14(8)19)7-18-13-11(16)5-10(15)6-12(13)17/h2-6,18-19H,7H2,1H3. The van der Waals surface area contributed by atoms with Crippen molar-refractivity contribution < 1.29 is 18.3 Å². The van der Waals surface area contributed by atoms with Crippen molar-refractivity contribution in [1.82, 2.24) is 0 Å². The zero-order valence-corrected chi connectivity index (χ0v) is 10.2. The van der Waals surface area contributed by atoms with Crippen LogP contribution in [0.4, 0.5) is 18.9 Å². The molecule has 0 radical (unpaired) electrons. The zero-order valence-electron chi connectivity index (χ0n) is 10.2. The molecule has 0 saturated heterocycles. The first-order valence-electron chi connectivity index (χ1n) is 5.65. The molecule has 100 valence electrons. The summed E-state index contributed by atoms with van der Waals surface area (Å²) in [6.45, 7) is 1.75. The molecule has 0 amide bonds. The van der Waals surface area contributed by atoms with E-state index < -0.39 is 23.1 Å². The number of aryl methyl sites for hydroxylation is 1. The molecule has 0 aliphatic heterocycles. The molecule has 2 aromatic carbocycles. The lowest BCUT2D eigenvalue weighted by molar-refractivity contribution is 0.464. The summed E-state index contributed by atoms with van der Waals surface area (Å²) in [6, 6.07) is 6.28. The number of halogens is 3. The van der Waals surface area contributed by atoms with Crippen molar-refractivity contribution in [2.24, 2.45) is 0 Å². The van der Waals surface area contributed by atoms with Crippen molar-refractivity contribution in [1.29, 1.82) is 0 Å². The number of benzene rings is 2. The van der Waals surface area contributed by atoms with Crippen LogP contribution in [0.5, 0.6) is 5.75 Å². The molecule has 2 aromatic rings. The molecule has 19 heavy (non-hydrogen) atoms. The van der Waals surface area contributed by atoms with Crippen LogP contribution in [0, 0.1) is 24.4 Å². The fourth-order valence-corrected chi connectivity index (χ4v) is 1.76. The van der Waals surface area contributed by atoms with Crippen LogP contribution >= 0.6 is 0 Å². The van der Waals surface area contributed by atoms with Gasteiger partial charge in [0.25, 0.3) is 0 Å². The molecule has 5 heteroatoms. The average molecular weight is 267 g/mol. The Bertz CT molecular complexity index is 591. The third kappa shape index (κ3) is 2.81. The van der Waals surface area contributed by atoms with Gasteiger partial charge in [-0.15, -0.1) is 0 Å². The molecular weight excluding hydrogens is 255 g/mol. The second-order valence-electron chi connectivity index (χ2n) is 4.18. The van der Waals surface area contributed by atoms with Gasteiger partial charge in [0, 0.05) is 24.2 Å². The van der Waals surface area contributed by atoms with Gasteiger partial charge in [0.2, 0.25) is 0 Å². The van der Waals surface area contributed by atoms with Crippen molar-refractivity contribution in [3.63, 3.8) is 0 Å². The van der Waals surface area contributed by atoms with E-state index in [1.165, 1.54) is 0 Å². The lowest BCUT2D eigenvalue weighted by Crippen LogP contribution is -2.05. The van der Waals surface area contributed by atoms with Crippen molar-refractivity contribution in [2.75, 3.05) is 5.32 Å². The van der Waals surface area contributed by atoms with Crippen molar-refractivity contribution in [2.45, 2.75) is 13.5 Å². The highest BCUT2D eigenvalue weighted by Gasteiger charge is 2.12. The van der Waals surface area contributed by atoms with Crippen LogP contribution in [0.1, 0.15) is 11.1 Å². The highest BCUT2D eigenvalue weighted by Crippen LogP contribution is 2.25. The number of rotatable bonds is 3. The Morgan fingerprint density at radius 3 is 2.37 bits per heavy atom. The third-order valence-corrected chi connectivity index (χ3v) is 2.78. The summed E-state index contributed by atoms with van der Waals surface area (Å²) < 4.78 is 39.5. The lowest BCUT2D eigenvalue weighted by atomic mass is 10.1. The van der Waals surface area contributed by atoms with E-state index in [0.717, 1.165) is 0 Å². The molecular formula is C14H12F3NO. The van der Waals surface area contributed by atoms with E-state index in [0.29, 0.717) is 23.3 Å². The van der Waals surface area contributed by atoms with Gasteiger partial charge >= 0.3 is 0 Å². The molecule has 0 fully saturated rings. The zero-order chi connectivity index (χ0) is 14.0. The molecule has 0 heterocycles. The predicted molar refractivity (Wildman–Crippen MR) is 66.5 cm³/mol. The third-order valence-electron chi connectivity index (χ3n) is 2.78. The maximum Gasteiger partial charge on any atom is 0.152 e. The van der Waals surface area contributed by atoms with Crippen LogP contribution < -0.4 is 5.32 Å². The summed E-state index contributed by atoms with van der Waals surface area (Å²) >= 11 is 0. The van der Waals surface area contributed by atoms with E-state index in [2.05, 4.69) is 5.32 Å². The predicted octanol–water partition coefficient (Wildman–Crippen LogP) is 3.73. The number of hydrogen-bond donors (Lipinski definition) is 2. The number of para-hydroxylation sites is 1. The average Bonchev–Trinajstić information content (AvgIpc) is 2.33. The van der Waals surface area contributed by atoms with Gasteiger partial charge < -0.3 is 10.4 Å². The van der Waals surface area contributed by atoms with Gasteiger partial charge in [-0.05, 0) is 12.5 Å². The Labute approximate surface area is 108 Å². The summed E-state index contributed by atoms with van der Waals surface area (Å²) in [6.07, 6.45) is 0. The summed E-state index contributed by atoms with van der Waals surface area (Å²) in [7, 11) is 0. The van der Waals surface area contributed by atoms with Gasteiger partial charge in [-0.25, -0.2) is 13.2 Å². The number of anilines is 1. The molecule has 2 nitrogen and oxygen atoms in total. The number of aromatic hydroxyl groups is 1. The van der Waals surface area contributed by atoms with Crippen molar-refractivity contribution in [3.05, 3.63) is 58.9 Å². The number of phenols is 1. The second-order valence-corrected chi connectivity index (χ2v) is 4.18. The first-order chi connectivity index (χ1) is 8.99. The smallest absolute Gasteiger partial charge is 0.152 e. The van der Waals surface area contributed by atoms with E-state index >= 15 is 0 Å². The Morgan fingerprint density at radius 1 is 1.11 bits per heavy atom. The van der Waals surface area contributed by atoms with E-state index in [-0.39, 0.29) is 12.3 Å². The minimum Gasteiger partial charge on any atom is -0.507 e. The Balaban J connectivity index is 2.22. The van der Waals surface area contributed by atoms with E-state index in [1.54, 1.807) is 25.1 Å². The van der Waals surface area contributed by atoms with Gasteiger partial charge in [0.15, 0.2) is 11.6 Å². The van der Waals surface area contributed by atoms with Crippen LogP contribution in [-0.4, -0.2) is 5.11 Å². The molecule has 0 atom stereocenters. The Kier molecular flexibility index (Phi) is 3.64. The quantitative estimate of drug-likeness (QED) is 0.888. The normalized spacial score (nSPS) is 10.5. The first kappa shape index (κ1) is 13.3. The summed E-state index contributed by atoms with van der Waals surface area (Å²) in [5.74, 6) is -2.92. The maximum atomic E-state index is 13.4. The molecule has 0 aliphatic rings. The minimum absolute atomic E-state index is 0.0347. The fourth-order valence-electron chi connectivity index (χ4n) is 1.76. The minimum atomic E-state index is -1.01. The molecule has 2 rings (SSSR count). The fraction of sp³-hybridized carbons (Fsp3) is 0.143. The van der Waals surface area contributed by atoms with Crippen molar-refractivity contribution in [3.8, 4) is 5.75 Å². The second kappa shape index (κ2) is 5.22. The molecule has 0 unspecified atom stereocenters. The molecule has 0 saturated carbocycles. The molecule has 2 N–H and O–H groups in total. The molecule has 0 aromatic heterocycles. The molecule has 0 aliphatic carbocycles. The van der Waals surface area contributed by atoms with Crippen LogP contribution in [0.3, 0.4) is 0 Å². The molecule has 0 spiro atoms. The highest BCUT2D eigenvalue weighted by atomic mass is 19.1. The van der Waals surface area contributed by atoms with Crippen LogP contribution in [0.15, 0.2) is 30.3 Å². The van der Waals surface area contributed by atoms with E-state index in [1.807, 2.05) is 0 Å². The van der Waals surface area contributed by atoms with Crippen LogP contribution in [0.25, 0.3) is 0 Å². The van der Waals surface area contributed by atoms with Gasteiger partial charge in [-0.2, -0.15) is 0 Å². The summed E-state index contributed by atoms with van der Waals surface area (Å²) in [4.78, 5) is 0. The molecule has 0 bridgehead atoms. The number of hydrogen-bond acceptors (Lipinski definition) is 2. The monoisotopic (exact) mass is 267 g/mol. The maximum absolute atomic E-state index is 13.4.